The van der Waals surface area contributed by atoms with Crippen molar-refractivity contribution in [2.45, 2.75) is 50.0 Å². The smallest absolute Gasteiger partial charge is 0.371 e. The number of sulfonamides is 1. The predicted octanol–water partition coefficient (Wildman–Crippen LogP) is 2.99. The lowest BCUT2D eigenvalue weighted by Crippen LogP contribution is -2.38. The molecular formula is C13H18BrNO5S. The summed E-state index contributed by atoms with van der Waals surface area (Å²) in [7, 11) is -3.79. The van der Waals surface area contributed by atoms with E-state index in [9.17, 15) is 13.2 Å². The quantitative estimate of drug-likeness (QED) is 0.819. The molecule has 8 heteroatoms. The van der Waals surface area contributed by atoms with E-state index in [0.29, 0.717) is 5.92 Å². The molecule has 1 aliphatic rings. The summed E-state index contributed by atoms with van der Waals surface area (Å²) < 4.78 is 32.2. The maximum Gasteiger partial charge on any atom is 0.371 e. The summed E-state index contributed by atoms with van der Waals surface area (Å²) >= 11 is 2.96. The monoisotopic (exact) mass is 379 g/mol. The third-order valence-corrected chi connectivity index (χ3v) is 6.22. The molecule has 1 fully saturated rings. The number of nitrogens with one attached hydrogen (secondary N) is 1. The van der Waals surface area contributed by atoms with Crippen LogP contribution in [0.1, 0.15) is 49.6 Å². The molecule has 2 atom stereocenters. The fourth-order valence-electron chi connectivity index (χ4n) is 2.69. The van der Waals surface area contributed by atoms with E-state index in [2.05, 4.69) is 27.6 Å². The average molecular weight is 380 g/mol. The van der Waals surface area contributed by atoms with Crippen molar-refractivity contribution < 1.29 is 22.7 Å². The van der Waals surface area contributed by atoms with Gasteiger partial charge in [0.05, 0.1) is 0 Å². The first-order valence-corrected chi connectivity index (χ1v) is 9.16. The highest BCUT2D eigenvalue weighted by atomic mass is 79.9. The molecule has 1 aromatic heterocycles. The number of carboxylic acid groups (broad SMARTS) is 1. The van der Waals surface area contributed by atoms with Gasteiger partial charge in [-0.05, 0) is 34.7 Å². The van der Waals surface area contributed by atoms with Gasteiger partial charge >= 0.3 is 5.97 Å². The summed E-state index contributed by atoms with van der Waals surface area (Å²) in [6, 6.07) is 0.915. The molecule has 0 saturated heterocycles. The zero-order valence-corrected chi connectivity index (χ0v) is 14.0. The van der Waals surface area contributed by atoms with Crippen LogP contribution in [0.4, 0.5) is 0 Å². The number of carbonyl (C=O) groups is 1. The molecule has 2 unspecified atom stereocenters. The summed E-state index contributed by atoms with van der Waals surface area (Å²) in [5, 5.41) is 8.85. The van der Waals surface area contributed by atoms with Crippen LogP contribution in [-0.2, 0) is 10.0 Å². The van der Waals surface area contributed by atoms with Gasteiger partial charge in [0.25, 0.3) is 0 Å². The van der Waals surface area contributed by atoms with Gasteiger partial charge in [0.2, 0.25) is 15.8 Å². The second kappa shape index (κ2) is 6.50. The first-order valence-electron chi connectivity index (χ1n) is 6.88. The average Bonchev–Trinajstić information content (AvgIpc) is 2.81. The predicted molar refractivity (Wildman–Crippen MR) is 79.7 cm³/mol. The second-order valence-corrected chi connectivity index (χ2v) is 7.72. The van der Waals surface area contributed by atoms with Gasteiger partial charge in [-0.3, -0.25) is 0 Å². The van der Waals surface area contributed by atoms with Crippen LogP contribution in [0.15, 0.2) is 20.0 Å². The first kappa shape index (κ1) is 16.5. The van der Waals surface area contributed by atoms with Crippen molar-refractivity contribution in [2.24, 2.45) is 5.92 Å². The van der Waals surface area contributed by atoms with Crippen molar-refractivity contribution in [3.8, 4) is 0 Å². The Morgan fingerprint density at radius 2 is 2.24 bits per heavy atom. The Bertz CT molecular complexity index is 625. The maximum absolute atomic E-state index is 12.4. The molecule has 0 amide bonds. The molecule has 21 heavy (non-hydrogen) atoms. The molecule has 1 aliphatic carbocycles. The summed E-state index contributed by atoms with van der Waals surface area (Å²) in [5.41, 5.74) is 0. The van der Waals surface area contributed by atoms with Crippen molar-refractivity contribution >= 4 is 31.9 Å². The summed E-state index contributed by atoms with van der Waals surface area (Å²) in [6.45, 7) is 2.10. The molecule has 118 valence electrons. The van der Waals surface area contributed by atoms with E-state index in [-0.39, 0.29) is 15.6 Å². The van der Waals surface area contributed by atoms with Crippen molar-refractivity contribution in [3.05, 3.63) is 16.5 Å². The van der Waals surface area contributed by atoms with Crippen LogP contribution < -0.4 is 4.72 Å². The number of hydrogen-bond donors (Lipinski definition) is 2. The largest absolute Gasteiger partial charge is 0.475 e. The number of halogens is 1. The normalized spacial score (nSPS) is 23.1. The molecule has 2 rings (SSSR count). The van der Waals surface area contributed by atoms with E-state index >= 15 is 0 Å². The highest BCUT2D eigenvalue weighted by Crippen LogP contribution is 2.30. The van der Waals surface area contributed by atoms with E-state index in [1.807, 2.05) is 0 Å². The van der Waals surface area contributed by atoms with Gasteiger partial charge in [-0.2, -0.15) is 0 Å². The molecule has 1 saturated carbocycles. The molecule has 0 radical (unpaired) electrons. The zero-order chi connectivity index (χ0) is 15.6. The van der Waals surface area contributed by atoms with Gasteiger partial charge in [0.1, 0.15) is 4.90 Å². The summed E-state index contributed by atoms with van der Waals surface area (Å²) in [4.78, 5) is 10.7. The lowest BCUT2D eigenvalue weighted by molar-refractivity contribution is 0.0661. The lowest BCUT2D eigenvalue weighted by atomic mass is 9.85. The third kappa shape index (κ3) is 3.87. The van der Waals surface area contributed by atoms with Gasteiger partial charge in [0.15, 0.2) is 4.67 Å². The van der Waals surface area contributed by atoms with Crippen LogP contribution in [0.25, 0.3) is 0 Å². The lowest BCUT2D eigenvalue weighted by Gasteiger charge is -2.28. The Morgan fingerprint density at radius 3 is 2.81 bits per heavy atom. The third-order valence-electron chi connectivity index (χ3n) is 3.84. The van der Waals surface area contributed by atoms with Crippen LogP contribution in [0.2, 0.25) is 0 Å². The maximum atomic E-state index is 12.4. The molecule has 1 heterocycles. The highest BCUT2D eigenvalue weighted by Gasteiger charge is 2.29. The fraction of sp³-hybridized carbons (Fsp3) is 0.615. The molecule has 0 bridgehead atoms. The topological polar surface area (TPSA) is 96.6 Å². The number of hydrogen-bond acceptors (Lipinski definition) is 4. The summed E-state index contributed by atoms with van der Waals surface area (Å²) in [6.07, 6.45) is 4.79. The molecular weight excluding hydrogens is 362 g/mol. The van der Waals surface area contributed by atoms with E-state index in [0.717, 1.165) is 38.2 Å². The minimum Gasteiger partial charge on any atom is -0.475 e. The van der Waals surface area contributed by atoms with Gasteiger partial charge in [-0.25, -0.2) is 17.9 Å². The van der Waals surface area contributed by atoms with Crippen molar-refractivity contribution in [3.63, 3.8) is 0 Å². The molecule has 0 spiro atoms. The van der Waals surface area contributed by atoms with Crippen LogP contribution >= 0.6 is 15.9 Å². The minimum absolute atomic E-state index is 0.0877. The van der Waals surface area contributed by atoms with Crippen molar-refractivity contribution in [1.29, 1.82) is 0 Å². The first-order chi connectivity index (χ1) is 9.83. The number of rotatable bonds is 5. The van der Waals surface area contributed by atoms with E-state index < -0.39 is 21.8 Å². The van der Waals surface area contributed by atoms with Crippen LogP contribution in [-0.4, -0.2) is 25.5 Å². The van der Waals surface area contributed by atoms with Crippen molar-refractivity contribution in [1.82, 2.24) is 4.72 Å². The number of carboxylic acids is 1. The SMILES string of the molecule is CCC1CCCC(NS(=O)(=O)c2cc(C(=O)O)oc2Br)C1. The molecule has 6 nitrogen and oxygen atoms in total. The standard InChI is InChI=1S/C13H18BrNO5S/c1-2-8-4-3-5-9(6-8)15-21(18,19)11-7-10(13(16)17)20-12(11)14/h7-9,15H,2-6H2,1H3,(H,16,17). The highest BCUT2D eigenvalue weighted by molar-refractivity contribution is 9.10. The Labute approximate surface area is 132 Å². The minimum atomic E-state index is -3.79. The van der Waals surface area contributed by atoms with Gasteiger partial charge in [-0.1, -0.05) is 26.2 Å². The summed E-state index contributed by atoms with van der Waals surface area (Å²) in [5.74, 6) is -1.17. The van der Waals surface area contributed by atoms with Crippen molar-refractivity contribution in [2.75, 3.05) is 0 Å². The number of furan rings is 1. The van der Waals surface area contributed by atoms with E-state index in [1.165, 1.54) is 0 Å². The molecule has 1 aromatic rings. The molecule has 0 aliphatic heterocycles. The number of aromatic carboxylic acids is 1. The Kier molecular flexibility index (Phi) is 5.11. The van der Waals surface area contributed by atoms with Crippen LogP contribution in [0.3, 0.4) is 0 Å². The fourth-order valence-corrected chi connectivity index (χ4v) is 4.92. The Morgan fingerprint density at radius 1 is 1.52 bits per heavy atom. The van der Waals surface area contributed by atoms with E-state index in [4.69, 9.17) is 9.52 Å². The Balaban J connectivity index is 2.16. The second-order valence-electron chi connectivity index (χ2n) is 5.31. The van der Waals surface area contributed by atoms with E-state index in [1.54, 1.807) is 0 Å². The molecule has 0 aromatic carbocycles. The van der Waals surface area contributed by atoms with Gasteiger partial charge in [-0.15, -0.1) is 0 Å². The Hall–Kier alpha value is -0.860. The molecule has 2 N–H and O–H groups in total. The van der Waals surface area contributed by atoms with Crippen LogP contribution in [0.5, 0.6) is 0 Å². The zero-order valence-electron chi connectivity index (χ0n) is 11.6. The van der Waals surface area contributed by atoms with Gasteiger partial charge in [0, 0.05) is 12.1 Å². The van der Waals surface area contributed by atoms with Crippen LogP contribution in [0, 0.1) is 5.92 Å². The van der Waals surface area contributed by atoms with Gasteiger partial charge < -0.3 is 9.52 Å².